The average molecular weight is 229 g/mol. The summed E-state index contributed by atoms with van der Waals surface area (Å²) in [4.78, 5) is 4.44. The lowest BCUT2D eigenvalue weighted by Crippen LogP contribution is -2.12. The Kier molecular flexibility index (Phi) is 3.05. The summed E-state index contributed by atoms with van der Waals surface area (Å²) in [5, 5.41) is 2.33. The van der Waals surface area contributed by atoms with Gasteiger partial charge in [0.05, 0.1) is 6.61 Å². The second-order valence-electron chi connectivity index (χ2n) is 5.21. The largest absolute Gasteiger partial charge is 0.478 e. The minimum Gasteiger partial charge on any atom is -0.478 e. The Bertz CT molecular complexity index is 526. The molecule has 17 heavy (non-hydrogen) atoms. The van der Waals surface area contributed by atoms with Crippen LogP contribution in [0.3, 0.4) is 0 Å². The third-order valence-corrected chi connectivity index (χ3v) is 2.85. The van der Waals surface area contributed by atoms with Crippen LogP contribution in [0.15, 0.2) is 30.5 Å². The predicted octanol–water partition coefficient (Wildman–Crippen LogP) is 3.93. The van der Waals surface area contributed by atoms with Gasteiger partial charge in [0.15, 0.2) is 0 Å². The molecular weight excluding hydrogens is 210 g/mol. The molecule has 2 aromatic rings. The molecule has 0 fully saturated rings. The zero-order valence-corrected chi connectivity index (χ0v) is 10.9. The topological polar surface area (TPSA) is 22.1 Å². The van der Waals surface area contributed by atoms with Gasteiger partial charge in [-0.2, -0.15) is 0 Å². The van der Waals surface area contributed by atoms with Gasteiger partial charge in [-0.15, -0.1) is 0 Å². The van der Waals surface area contributed by atoms with Crippen LogP contribution in [-0.4, -0.2) is 11.6 Å². The minimum absolute atomic E-state index is 0.0946. The molecule has 0 radical (unpaired) electrons. The molecule has 0 unspecified atom stereocenters. The number of hydrogen-bond donors (Lipinski definition) is 0. The number of pyridine rings is 1. The fourth-order valence-corrected chi connectivity index (χ4v) is 2.02. The van der Waals surface area contributed by atoms with Crippen molar-refractivity contribution in [3.05, 3.63) is 36.0 Å². The van der Waals surface area contributed by atoms with Crippen molar-refractivity contribution in [1.82, 2.24) is 4.98 Å². The standard InChI is InChI=1S/C15H19NO/c1-5-17-14-12-9-7-6-8-11(12)13(10-16-14)15(2,3)4/h6-10H,5H2,1-4H3. The Balaban J connectivity index is 2.71. The summed E-state index contributed by atoms with van der Waals surface area (Å²) in [6.45, 7) is 9.24. The van der Waals surface area contributed by atoms with Crippen LogP contribution in [0.1, 0.15) is 33.3 Å². The molecule has 2 heteroatoms. The molecule has 0 aliphatic heterocycles. The molecule has 0 bridgehead atoms. The first kappa shape index (κ1) is 11.9. The van der Waals surface area contributed by atoms with E-state index in [0.717, 1.165) is 11.3 Å². The molecule has 0 saturated heterocycles. The van der Waals surface area contributed by atoms with Crippen LogP contribution in [0.5, 0.6) is 5.88 Å². The van der Waals surface area contributed by atoms with Crippen LogP contribution < -0.4 is 4.74 Å². The maximum absolute atomic E-state index is 5.58. The highest BCUT2D eigenvalue weighted by Gasteiger charge is 2.18. The number of hydrogen-bond acceptors (Lipinski definition) is 2. The van der Waals surface area contributed by atoms with E-state index >= 15 is 0 Å². The molecular formula is C15H19NO. The molecule has 0 spiro atoms. The summed E-state index contributed by atoms with van der Waals surface area (Å²) in [5.41, 5.74) is 1.36. The molecule has 2 rings (SSSR count). The zero-order chi connectivity index (χ0) is 12.5. The number of benzene rings is 1. The molecule has 1 aromatic heterocycles. The number of rotatable bonds is 2. The van der Waals surface area contributed by atoms with Gasteiger partial charge in [-0.25, -0.2) is 4.98 Å². The third-order valence-electron chi connectivity index (χ3n) is 2.85. The van der Waals surface area contributed by atoms with Crippen LogP contribution in [0, 0.1) is 0 Å². The lowest BCUT2D eigenvalue weighted by molar-refractivity contribution is 0.331. The van der Waals surface area contributed by atoms with E-state index in [1.54, 1.807) is 0 Å². The van der Waals surface area contributed by atoms with Gasteiger partial charge in [0.25, 0.3) is 0 Å². The van der Waals surface area contributed by atoms with E-state index in [2.05, 4.69) is 44.0 Å². The smallest absolute Gasteiger partial charge is 0.221 e. The fraction of sp³-hybridized carbons (Fsp3) is 0.400. The highest BCUT2D eigenvalue weighted by molar-refractivity contribution is 5.90. The van der Waals surface area contributed by atoms with Gasteiger partial charge in [0, 0.05) is 11.6 Å². The maximum Gasteiger partial charge on any atom is 0.221 e. The number of aromatic nitrogens is 1. The Morgan fingerprint density at radius 3 is 2.35 bits per heavy atom. The van der Waals surface area contributed by atoms with Crippen LogP contribution >= 0.6 is 0 Å². The highest BCUT2D eigenvalue weighted by atomic mass is 16.5. The van der Waals surface area contributed by atoms with Crippen LogP contribution in [0.4, 0.5) is 0 Å². The molecule has 0 aliphatic rings. The van der Waals surface area contributed by atoms with Crippen LogP contribution in [0.2, 0.25) is 0 Å². The predicted molar refractivity (Wildman–Crippen MR) is 71.6 cm³/mol. The minimum atomic E-state index is 0.0946. The molecule has 0 atom stereocenters. The van der Waals surface area contributed by atoms with E-state index in [0.29, 0.717) is 6.61 Å². The van der Waals surface area contributed by atoms with Crippen molar-refractivity contribution >= 4 is 10.8 Å². The molecule has 0 saturated carbocycles. The van der Waals surface area contributed by atoms with E-state index < -0.39 is 0 Å². The zero-order valence-electron chi connectivity index (χ0n) is 10.9. The van der Waals surface area contributed by atoms with Crippen molar-refractivity contribution in [2.45, 2.75) is 33.1 Å². The van der Waals surface area contributed by atoms with Crippen LogP contribution in [0.25, 0.3) is 10.8 Å². The van der Waals surface area contributed by atoms with Crippen molar-refractivity contribution in [1.29, 1.82) is 0 Å². The van der Waals surface area contributed by atoms with Gasteiger partial charge >= 0.3 is 0 Å². The van der Waals surface area contributed by atoms with E-state index in [1.807, 2.05) is 19.2 Å². The van der Waals surface area contributed by atoms with Crippen LogP contribution in [-0.2, 0) is 5.41 Å². The molecule has 0 amide bonds. The summed E-state index contributed by atoms with van der Waals surface area (Å²) in [6, 6.07) is 8.30. The summed E-state index contributed by atoms with van der Waals surface area (Å²) < 4.78 is 5.58. The SMILES string of the molecule is CCOc1ncc(C(C)(C)C)c2ccccc12. The maximum atomic E-state index is 5.58. The molecule has 1 aromatic carbocycles. The number of nitrogens with zero attached hydrogens (tertiary/aromatic N) is 1. The summed E-state index contributed by atoms with van der Waals surface area (Å²) in [5.74, 6) is 0.733. The van der Waals surface area contributed by atoms with E-state index in [4.69, 9.17) is 4.74 Å². The number of ether oxygens (including phenoxy) is 1. The van der Waals surface area contributed by atoms with Gasteiger partial charge in [0.1, 0.15) is 0 Å². The van der Waals surface area contributed by atoms with Crippen molar-refractivity contribution in [2.75, 3.05) is 6.61 Å². The molecule has 1 heterocycles. The van der Waals surface area contributed by atoms with Crippen molar-refractivity contribution in [3.8, 4) is 5.88 Å². The second-order valence-corrected chi connectivity index (χ2v) is 5.21. The van der Waals surface area contributed by atoms with Crippen molar-refractivity contribution < 1.29 is 4.74 Å². The van der Waals surface area contributed by atoms with Gasteiger partial charge in [-0.1, -0.05) is 39.0 Å². The van der Waals surface area contributed by atoms with Gasteiger partial charge in [0.2, 0.25) is 5.88 Å². The van der Waals surface area contributed by atoms with Gasteiger partial charge in [-0.3, -0.25) is 0 Å². The Hall–Kier alpha value is -1.57. The summed E-state index contributed by atoms with van der Waals surface area (Å²) >= 11 is 0. The normalized spacial score (nSPS) is 11.8. The fourth-order valence-electron chi connectivity index (χ4n) is 2.02. The lowest BCUT2D eigenvalue weighted by atomic mass is 9.85. The highest BCUT2D eigenvalue weighted by Crippen LogP contribution is 2.33. The second kappa shape index (κ2) is 4.36. The van der Waals surface area contributed by atoms with Gasteiger partial charge in [-0.05, 0) is 29.4 Å². The monoisotopic (exact) mass is 229 g/mol. The lowest BCUT2D eigenvalue weighted by Gasteiger charge is -2.21. The van der Waals surface area contributed by atoms with Gasteiger partial charge < -0.3 is 4.74 Å². The molecule has 90 valence electrons. The number of fused-ring (bicyclic) bond motifs is 1. The quantitative estimate of drug-likeness (QED) is 0.778. The third kappa shape index (κ3) is 2.26. The summed E-state index contributed by atoms with van der Waals surface area (Å²) in [6.07, 6.45) is 1.94. The van der Waals surface area contributed by atoms with Crippen molar-refractivity contribution in [3.63, 3.8) is 0 Å². The van der Waals surface area contributed by atoms with E-state index in [1.165, 1.54) is 10.9 Å². The van der Waals surface area contributed by atoms with E-state index in [9.17, 15) is 0 Å². The Labute approximate surface area is 103 Å². The Morgan fingerprint density at radius 2 is 1.76 bits per heavy atom. The summed E-state index contributed by atoms with van der Waals surface area (Å²) in [7, 11) is 0. The molecule has 0 aliphatic carbocycles. The molecule has 0 N–H and O–H groups in total. The first-order valence-corrected chi connectivity index (χ1v) is 6.05. The Morgan fingerprint density at radius 1 is 1.12 bits per heavy atom. The average Bonchev–Trinajstić information content (AvgIpc) is 2.28. The van der Waals surface area contributed by atoms with Crippen molar-refractivity contribution in [2.24, 2.45) is 0 Å². The first-order chi connectivity index (χ1) is 8.04. The van der Waals surface area contributed by atoms with E-state index in [-0.39, 0.29) is 5.41 Å². The first-order valence-electron chi connectivity index (χ1n) is 6.05. The molecule has 2 nitrogen and oxygen atoms in total.